The minimum atomic E-state index is -3.53. The highest BCUT2D eigenvalue weighted by Gasteiger charge is 2.34. The highest BCUT2D eigenvalue weighted by atomic mass is 32.2. The van der Waals surface area contributed by atoms with E-state index in [9.17, 15) is 13.2 Å². The number of rotatable bonds is 4. The van der Waals surface area contributed by atoms with E-state index in [0.717, 1.165) is 10.4 Å². The minimum absolute atomic E-state index is 0.182. The molecule has 0 spiro atoms. The first-order valence-electron chi connectivity index (χ1n) is 8.16. The van der Waals surface area contributed by atoms with E-state index < -0.39 is 10.0 Å². The number of thiophene rings is 1. The van der Waals surface area contributed by atoms with E-state index in [4.69, 9.17) is 0 Å². The predicted molar refractivity (Wildman–Crippen MR) is 98.1 cm³/mol. The van der Waals surface area contributed by atoms with Gasteiger partial charge in [-0.2, -0.15) is 4.31 Å². The van der Waals surface area contributed by atoms with Crippen molar-refractivity contribution in [2.45, 2.75) is 30.9 Å². The summed E-state index contributed by atoms with van der Waals surface area (Å²) < 4.78 is 27.3. The molecule has 0 bridgehead atoms. The maximum Gasteiger partial charge on any atom is 0.252 e. The van der Waals surface area contributed by atoms with Gasteiger partial charge in [0.25, 0.3) is 10.0 Å². The van der Waals surface area contributed by atoms with Crippen LogP contribution in [0.25, 0.3) is 0 Å². The molecule has 1 unspecified atom stereocenters. The number of aromatic nitrogens is 1. The zero-order chi connectivity index (χ0) is 18.0. The first kappa shape index (κ1) is 18.0. The van der Waals surface area contributed by atoms with Gasteiger partial charge in [0.1, 0.15) is 10.0 Å². The number of pyridine rings is 1. The average Bonchev–Trinajstić information content (AvgIpc) is 3.04. The standard InChI is InChI=1S/C17H21N3O3S2/c1-12-5-7-15(18-10-12)19-17(21)14-4-3-9-20(11-14)25(22,23)16-8-6-13(2)24-16/h5-8,10,14H,3-4,9,11H2,1-2H3,(H,18,19,21). The fraction of sp³-hybridized carbons (Fsp3) is 0.412. The summed E-state index contributed by atoms with van der Waals surface area (Å²) in [5, 5.41) is 2.79. The summed E-state index contributed by atoms with van der Waals surface area (Å²) in [7, 11) is -3.53. The topological polar surface area (TPSA) is 79.4 Å². The van der Waals surface area contributed by atoms with Crippen molar-refractivity contribution in [3.63, 3.8) is 0 Å². The quantitative estimate of drug-likeness (QED) is 0.886. The molecule has 25 heavy (non-hydrogen) atoms. The lowest BCUT2D eigenvalue weighted by Crippen LogP contribution is -2.43. The lowest BCUT2D eigenvalue weighted by atomic mass is 9.99. The van der Waals surface area contributed by atoms with Gasteiger partial charge < -0.3 is 5.32 Å². The Morgan fingerprint density at radius 3 is 2.72 bits per heavy atom. The maximum absolute atomic E-state index is 12.8. The smallest absolute Gasteiger partial charge is 0.252 e. The number of nitrogens with zero attached hydrogens (tertiary/aromatic N) is 2. The highest BCUT2D eigenvalue weighted by Crippen LogP contribution is 2.28. The van der Waals surface area contributed by atoms with Crippen molar-refractivity contribution in [2.24, 2.45) is 5.92 Å². The van der Waals surface area contributed by atoms with Crippen LogP contribution in [0, 0.1) is 19.8 Å². The molecule has 0 aromatic carbocycles. The normalized spacial score (nSPS) is 18.9. The summed E-state index contributed by atoms with van der Waals surface area (Å²) in [5.74, 6) is -0.0595. The number of carbonyl (C=O) groups is 1. The van der Waals surface area contributed by atoms with Crippen molar-refractivity contribution >= 4 is 33.1 Å². The number of hydrogen-bond acceptors (Lipinski definition) is 5. The molecule has 1 amide bonds. The molecule has 1 saturated heterocycles. The van der Waals surface area contributed by atoms with Crippen molar-refractivity contribution in [3.8, 4) is 0 Å². The SMILES string of the molecule is Cc1ccc(NC(=O)C2CCCN(S(=O)(=O)c3ccc(C)s3)C2)nc1. The molecule has 0 aliphatic carbocycles. The van der Waals surface area contributed by atoms with Crippen LogP contribution in [-0.2, 0) is 14.8 Å². The number of sulfonamides is 1. The second-order valence-electron chi connectivity index (χ2n) is 6.28. The Balaban J connectivity index is 1.70. The second kappa shape index (κ2) is 7.23. The number of piperidine rings is 1. The van der Waals surface area contributed by atoms with Gasteiger partial charge in [-0.25, -0.2) is 13.4 Å². The number of anilines is 1. The number of hydrogen-bond donors (Lipinski definition) is 1. The Kier molecular flexibility index (Phi) is 5.21. The van der Waals surface area contributed by atoms with E-state index in [2.05, 4.69) is 10.3 Å². The molecule has 1 aliphatic rings. The first-order chi connectivity index (χ1) is 11.9. The zero-order valence-corrected chi connectivity index (χ0v) is 15.9. The van der Waals surface area contributed by atoms with Crippen LogP contribution in [-0.4, -0.2) is 36.7 Å². The number of nitrogens with one attached hydrogen (secondary N) is 1. The number of carbonyl (C=O) groups excluding carboxylic acids is 1. The van der Waals surface area contributed by atoms with Gasteiger partial charge in [-0.3, -0.25) is 4.79 Å². The molecule has 2 aromatic heterocycles. The summed E-state index contributed by atoms with van der Waals surface area (Å²) in [6, 6.07) is 7.06. The fourth-order valence-corrected chi connectivity index (χ4v) is 5.78. The molecule has 3 rings (SSSR count). The molecule has 3 heterocycles. The highest BCUT2D eigenvalue weighted by molar-refractivity contribution is 7.91. The molecule has 0 radical (unpaired) electrons. The molecule has 2 aromatic rings. The molecule has 8 heteroatoms. The van der Waals surface area contributed by atoms with Crippen LogP contribution in [0.15, 0.2) is 34.7 Å². The van der Waals surface area contributed by atoms with E-state index in [1.165, 1.54) is 15.6 Å². The van der Waals surface area contributed by atoms with Gasteiger partial charge in [0.2, 0.25) is 5.91 Å². The minimum Gasteiger partial charge on any atom is -0.310 e. The Hall–Kier alpha value is -1.77. The Bertz CT molecular complexity index is 860. The monoisotopic (exact) mass is 379 g/mol. The van der Waals surface area contributed by atoms with Crippen LogP contribution in [0.4, 0.5) is 5.82 Å². The summed E-state index contributed by atoms with van der Waals surface area (Å²) in [6.45, 7) is 4.46. The van der Waals surface area contributed by atoms with Gasteiger partial charge in [-0.1, -0.05) is 6.07 Å². The van der Waals surface area contributed by atoms with Crippen molar-refractivity contribution in [1.82, 2.24) is 9.29 Å². The molecular formula is C17H21N3O3S2. The molecule has 1 aliphatic heterocycles. The lowest BCUT2D eigenvalue weighted by molar-refractivity contribution is -0.120. The van der Waals surface area contributed by atoms with Crippen LogP contribution in [0.3, 0.4) is 0 Å². The largest absolute Gasteiger partial charge is 0.310 e. The third kappa shape index (κ3) is 4.08. The fourth-order valence-electron chi connectivity index (χ4n) is 2.82. The van der Waals surface area contributed by atoms with Crippen LogP contribution < -0.4 is 5.32 Å². The molecule has 134 valence electrons. The van der Waals surface area contributed by atoms with Crippen LogP contribution >= 0.6 is 11.3 Å². The Labute approximate surface area is 151 Å². The van der Waals surface area contributed by atoms with Crippen LogP contribution in [0.1, 0.15) is 23.3 Å². The lowest BCUT2D eigenvalue weighted by Gasteiger charge is -2.30. The van der Waals surface area contributed by atoms with E-state index in [1.54, 1.807) is 24.4 Å². The van der Waals surface area contributed by atoms with E-state index in [1.807, 2.05) is 19.9 Å². The van der Waals surface area contributed by atoms with Gasteiger partial charge in [-0.15, -0.1) is 11.3 Å². The second-order valence-corrected chi connectivity index (χ2v) is 9.73. The van der Waals surface area contributed by atoms with Gasteiger partial charge in [0, 0.05) is 24.2 Å². The third-order valence-corrected chi connectivity index (χ3v) is 7.56. The van der Waals surface area contributed by atoms with Gasteiger partial charge >= 0.3 is 0 Å². The first-order valence-corrected chi connectivity index (χ1v) is 10.4. The molecular weight excluding hydrogens is 358 g/mol. The third-order valence-electron chi connectivity index (χ3n) is 4.23. The van der Waals surface area contributed by atoms with E-state index >= 15 is 0 Å². The summed E-state index contributed by atoms with van der Waals surface area (Å²) in [4.78, 5) is 17.6. The van der Waals surface area contributed by atoms with Crippen molar-refractivity contribution in [2.75, 3.05) is 18.4 Å². The zero-order valence-electron chi connectivity index (χ0n) is 14.2. The number of aryl methyl sites for hydroxylation is 2. The van der Waals surface area contributed by atoms with Gasteiger partial charge in [0.05, 0.1) is 5.92 Å². The summed E-state index contributed by atoms with van der Waals surface area (Å²) in [5.41, 5.74) is 1.01. The average molecular weight is 380 g/mol. The Morgan fingerprint density at radius 2 is 2.08 bits per heavy atom. The van der Waals surface area contributed by atoms with Gasteiger partial charge in [-0.05, 0) is 50.5 Å². The molecule has 1 N–H and O–H groups in total. The van der Waals surface area contributed by atoms with E-state index in [0.29, 0.717) is 29.4 Å². The molecule has 0 saturated carbocycles. The maximum atomic E-state index is 12.8. The Morgan fingerprint density at radius 1 is 1.28 bits per heavy atom. The molecule has 6 nitrogen and oxygen atoms in total. The predicted octanol–water partition coefficient (Wildman–Crippen LogP) is 2.80. The van der Waals surface area contributed by atoms with Crippen LogP contribution in [0.5, 0.6) is 0 Å². The molecule has 1 fully saturated rings. The van der Waals surface area contributed by atoms with Crippen molar-refractivity contribution < 1.29 is 13.2 Å². The van der Waals surface area contributed by atoms with Crippen molar-refractivity contribution in [1.29, 1.82) is 0 Å². The van der Waals surface area contributed by atoms with Crippen LogP contribution in [0.2, 0.25) is 0 Å². The summed E-state index contributed by atoms with van der Waals surface area (Å²) in [6.07, 6.45) is 3.03. The van der Waals surface area contributed by atoms with E-state index in [-0.39, 0.29) is 18.4 Å². The summed E-state index contributed by atoms with van der Waals surface area (Å²) >= 11 is 1.26. The number of amides is 1. The van der Waals surface area contributed by atoms with Crippen molar-refractivity contribution in [3.05, 3.63) is 40.9 Å². The van der Waals surface area contributed by atoms with Gasteiger partial charge in [0.15, 0.2) is 0 Å². The molecule has 1 atom stereocenters.